The number of hydrogen-bond donors (Lipinski definition) is 2. The number of benzene rings is 1. The summed E-state index contributed by atoms with van der Waals surface area (Å²) in [6.45, 7) is 0. The molecule has 1 heterocycles. The van der Waals surface area contributed by atoms with Gasteiger partial charge in [0.25, 0.3) is 5.56 Å². The van der Waals surface area contributed by atoms with Gasteiger partial charge >= 0.3 is 0 Å². The molecule has 0 amide bonds. The van der Waals surface area contributed by atoms with Crippen LogP contribution in [-0.2, 0) is 0 Å². The van der Waals surface area contributed by atoms with E-state index in [9.17, 15) is 14.7 Å². The van der Waals surface area contributed by atoms with E-state index in [2.05, 4.69) is 4.98 Å². The largest absolute Gasteiger partial charge is 0.505 e. The average molecular weight is 189 g/mol. The molecule has 2 aromatic rings. The number of aromatic nitrogens is 1. The van der Waals surface area contributed by atoms with Crippen molar-refractivity contribution in [1.82, 2.24) is 4.98 Å². The molecule has 4 heteroatoms. The standard InChI is InChI=1S/C10H7NO3/c12-5-8-9(13)6-3-1-2-4-7(6)10(14)11-8/h1-5,13H,(H,11,14). The number of rotatable bonds is 1. The van der Waals surface area contributed by atoms with Gasteiger partial charge in [-0.1, -0.05) is 18.2 Å². The summed E-state index contributed by atoms with van der Waals surface area (Å²) in [4.78, 5) is 24.2. The molecule has 4 nitrogen and oxygen atoms in total. The maximum atomic E-state index is 11.4. The first-order valence-corrected chi connectivity index (χ1v) is 4.03. The summed E-state index contributed by atoms with van der Waals surface area (Å²) >= 11 is 0. The first-order chi connectivity index (χ1) is 6.74. The Labute approximate surface area is 78.8 Å². The second kappa shape index (κ2) is 2.99. The van der Waals surface area contributed by atoms with Crippen LogP contribution in [-0.4, -0.2) is 16.4 Å². The Hall–Kier alpha value is -2.10. The lowest BCUT2D eigenvalue weighted by molar-refractivity contribution is 0.111. The molecule has 1 aromatic heterocycles. The van der Waals surface area contributed by atoms with Crippen molar-refractivity contribution in [3.63, 3.8) is 0 Å². The fraction of sp³-hybridized carbons (Fsp3) is 0. The van der Waals surface area contributed by atoms with Crippen molar-refractivity contribution >= 4 is 17.1 Å². The highest BCUT2D eigenvalue weighted by Gasteiger charge is 2.08. The fourth-order valence-corrected chi connectivity index (χ4v) is 1.37. The molecule has 2 rings (SSSR count). The van der Waals surface area contributed by atoms with Gasteiger partial charge in [0.05, 0.1) is 5.39 Å². The minimum absolute atomic E-state index is 0.0892. The summed E-state index contributed by atoms with van der Waals surface area (Å²) < 4.78 is 0. The Bertz CT molecular complexity index is 557. The first kappa shape index (κ1) is 8.50. The van der Waals surface area contributed by atoms with Crippen LogP contribution >= 0.6 is 0 Å². The Balaban J connectivity index is 3.02. The van der Waals surface area contributed by atoms with E-state index in [1.54, 1.807) is 24.3 Å². The van der Waals surface area contributed by atoms with Gasteiger partial charge in [0.1, 0.15) is 5.69 Å². The molecular formula is C10H7NO3. The van der Waals surface area contributed by atoms with Gasteiger partial charge < -0.3 is 10.1 Å². The highest BCUT2D eigenvalue weighted by Crippen LogP contribution is 2.22. The van der Waals surface area contributed by atoms with Crippen LogP contribution in [0.25, 0.3) is 10.8 Å². The number of fused-ring (bicyclic) bond motifs is 1. The van der Waals surface area contributed by atoms with Crippen molar-refractivity contribution in [3.8, 4) is 5.75 Å². The molecule has 70 valence electrons. The molecule has 0 aliphatic heterocycles. The molecule has 0 saturated carbocycles. The van der Waals surface area contributed by atoms with E-state index in [-0.39, 0.29) is 17.0 Å². The van der Waals surface area contributed by atoms with E-state index < -0.39 is 0 Å². The van der Waals surface area contributed by atoms with Crippen molar-refractivity contribution in [1.29, 1.82) is 0 Å². The third-order valence-corrected chi connectivity index (χ3v) is 2.05. The number of hydrogen-bond acceptors (Lipinski definition) is 3. The van der Waals surface area contributed by atoms with Crippen LogP contribution < -0.4 is 5.56 Å². The zero-order chi connectivity index (χ0) is 10.1. The molecule has 0 bridgehead atoms. The summed E-state index contributed by atoms with van der Waals surface area (Å²) in [5, 5.41) is 10.3. The summed E-state index contributed by atoms with van der Waals surface area (Å²) in [5.74, 6) is -0.185. The molecule has 0 fully saturated rings. The third-order valence-electron chi connectivity index (χ3n) is 2.05. The van der Waals surface area contributed by atoms with Gasteiger partial charge in [-0.25, -0.2) is 0 Å². The van der Waals surface area contributed by atoms with E-state index in [1.165, 1.54) is 0 Å². The second-order valence-electron chi connectivity index (χ2n) is 2.88. The van der Waals surface area contributed by atoms with Crippen molar-refractivity contribution in [2.24, 2.45) is 0 Å². The number of carbonyl (C=O) groups excluding carboxylic acids is 1. The van der Waals surface area contributed by atoms with Crippen molar-refractivity contribution in [2.75, 3.05) is 0 Å². The summed E-state index contributed by atoms with van der Waals surface area (Å²) in [6, 6.07) is 6.56. The Morgan fingerprint density at radius 1 is 1.21 bits per heavy atom. The number of pyridine rings is 1. The number of H-pyrrole nitrogens is 1. The zero-order valence-corrected chi connectivity index (χ0v) is 7.15. The predicted octanol–water partition coefficient (Wildman–Crippen LogP) is 1.05. The second-order valence-corrected chi connectivity index (χ2v) is 2.88. The molecular weight excluding hydrogens is 182 g/mol. The molecule has 2 N–H and O–H groups in total. The van der Waals surface area contributed by atoms with Crippen molar-refractivity contribution < 1.29 is 9.90 Å². The molecule has 14 heavy (non-hydrogen) atoms. The predicted molar refractivity (Wildman–Crippen MR) is 51.6 cm³/mol. The molecule has 0 radical (unpaired) electrons. The average Bonchev–Trinajstić information content (AvgIpc) is 2.23. The van der Waals surface area contributed by atoms with Gasteiger partial charge in [0, 0.05) is 5.39 Å². The van der Waals surface area contributed by atoms with Gasteiger partial charge in [-0.2, -0.15) is 0 Å². The molecule has 0 aliphatic carbocycles. The molecule has 0 saturated heterocycles. The maximum Gasteiger partial charge on any atom is 0.256 e. The SMILES string of the molecule is O=Cc1[nH]c(=O)c2ccccc2c1O. The van der Waals surface area contributed by atoms with Crippen LogP contribution in [0.5, 0.6) is 5.75 Å². The summed E-state index contributed by atoms with van der Waals surface area (Å²) in [7, 11) is 0. The van der Waals surface area contributed by atoms with Crippen LogP contribution in [0, 0.1) is 0 Å². The lowest BCUT2D eigenvalue weighted by atomic mass is 10.1. The molecule has 0 unspecified atom stereocenters. The topological polar surface area (TPSA) is 70.2 Å². The smallest absolute Gasteiger partial charge is 0.256 e. The van der Waals surface area contributed by atoms with E-state index in [0.717, 1.165) is 0 Å². The first-order valence-electron chi connectivity index (χ1n) is 4.03. The quantitative estimate of drug-likeness (QED) is 0.658. The number of aromatic hydroxyl groups is 1. The Kier molecular flexibility index (Phi) is 1.81. The van der Waals surface area contributed by atoms with Gasteiger partial charge in [0.15, 0.2) is 12.0 Å². The fourth-order valence-electron chi connectivity index (χ4n) is 1.37. The zero-order valence-electron chi connectivity index (χ0n) is 7.15. The third kappa shape index (κ3) is 1.08. The van der Waals surface area contributed by atoms with E-state index in [0.29, 0.717) is 17.1 Å². The summed E-state index contributed by atoms with van der Waals surface area (Å²) in [6.07, 6.45) is 0.420. The van der Waals surface area contributed by atoms with Gasteiger partial charge in [-0.15, -0.1) is 0 Å². The lowest BCUT2D eigenvalue weighted by Crippen LogP contribution is -2.09. The van der Waals surface area contributed by atoms with Gasteiger partial charge in [-0.3, -0.25) is 9.59 Å². The van der Waals surface area contributed by atoms with Crippen LogP contribution in [0.1, 0.15) is 10.5 Å². The number of carbonyl (C=O) groups is 1. The van der Waals surface area contributed by atoms with Crippen LogP contribution in [0.15, 0.2) is 29.1 Å². The number of nitrogens with one attached hydrogen (secondary N) is 1. The summed E-state index contributed by atoms with van der Waals surface area (Å²) in [5.41, 5.74) is -0.464. The molecule has 0 aliphatic rings. The number of aldehydes is 1. The maximum absolute atomic E-state index is 11.4. The number of aromatic amines is 1. The van der Waals surface area contributed by atoms with Crippen LogP contribution in [0.3, 0.4) is 0 Å². The minimum Gasteiger partial charge on any atom is -0.505 e. The normalized spacial score (nSPS) is 10.3. The van der Waals surface area contributed by atoms with Gasteiger partial charge in [0.2, 0.25) is 0 Å². The molecule has 0 spiro atoms. The van der Waals surface area contributed by atoms with Crippen molar-refractivity contribution in [3.05, 3.63) is 40.3 Å². The minimum atomic E-state index is -0.375. The highest BCUT2D eigenvalue weighted by atomic mass is 16.3. The van der Waals surface area contributed by atoms with Crippen LogP contribution in [0.4, 0.5) is 0 Å². The Morgan fingerprint density at radius 2 is 1.86 bits per heavy atom. The molecule has 0 atom stereocenters. The highest BCUT2D eigenvalue weighted by molar-refractivity contribution is 5.93. The van der Waals surface area contributed by atoms with Gasteiger partial charge in [-0.05, 0) is 6.07 Å². The monoisotopic (exact) mass is 189 g/mol. The van der Waals surface area contributed by atoms with Crippen LogP contribution in [0.2, 0.25) is 0 Å². The Morgan fingerprint density at radius 3 is 2.50 bits per heavy atom. The van der Waals surface area contributed by atoms with E-state index >= 15 is 0 Å². The van der Waals surface area contributed by atoms with Crippen molar-refractivity contribution in [2.45, 2.75) is 0 Å². The van der Waals surface area contributed by atoms with E-state index in [4.69, 9.17) is 0 Å². The lowest BCUT2D eigenvalue weighted by Gasteiger charge is -2.01. The van der Waals surface area contributed by atoms with E-state index in [1.807, 2.05) is 0 Å². The molecule has 1 aromatic carbocycles.